The predicted molar refractivity (Wildman–Crippen MR) is 104 cm³/mol. The fraction of sp³-hybridized carbons (Fsp3) is 0.444. The Hall–Kier alpha value is -2.08. The van der Waals surface area contributed by atoms with Gasteiger partial charge < -0.3 is 5.32 Å². The average Bonchev–Trinajstić information content (AvgIpc) is 2.54. The smallest absolute Gasteiger partial charge is 0.187 e. The summed E-state index contributed by atoms with van der Waals surface area (Å²) in [5.74, 6) is 0.745. The Morgan fingerprint density at radius 3 is 2.71 bits per heavy atom. The summed E-state index contributed by atoms with van der Waals surface area (Å²) in [5.41, 5.74) is 5.24. The minimum Gasteiger partial charge on any atom is -0.359 e. The van der Waals surface area contributed by atoms with E-state index < -0.39 is 0 Å². The van der Waals surface area contributed by atoms with E-state index >= 15 is 0 Å². The zero-order valence-corrected chi connectivity index (χ0v) is 15.3. The quantitative estimate of drug-likeness (QED) is 0.456. The van der Waals surface area contributed by atoms with E-state index in [-0.39, 0.29) is 0 Å². The second-order valence-corrected chi connectivity index (χ2v) is 6.76. The number of aromatic nitrogens is 2. The van der Waals surface area contributed by atoms with Crippen molar-refractivity contribution in [3.05, 3.63) is 36.2 Å². The van der Waals surface area contributed by atoms with Gasteiger partial charge in [0.05, 0.1) is 23.4 Å². The molecule has 1 aromatic carbocycles. The fourth-order valence-corrected chi connectivity index (χ4v) is 2.61. The van der Waals surface area contributed by atoms with Crippen molar-refractivity contribution < 1.29 is 0 Å². The maximum absolute atomic E-state index is 5.25. The summed E-state index contributed by atoms with van der Waals surface area (Å²) in [7, 11) is 0. The van der Waals surface area contributed by atoms with Crippen molar-refractivity contribution in [3.63, 3.8) is 0 Å². The minimum absolute atomic E-state index is 0.333. The Kier molecular flexibility index (Phi) is 7.06. The van der Waals surface area contributed by atoms with Crippen molar-refractivity contribution in [1.82, 2.24) is 20.7 Å². The molecule has 0 aliphatic carbocycles. The van der Waals surface area contributed by atoms with Crippen LogP contribution in [-0.4, -0.2) is 27.3 Å². The van der Waals surface area contributed by atoms with Gasteiger partial charge in [-0.05, 0) is 43.6 Å². The monoisotopic (exact) mass is 343 g/mol. The molecule has 0 amide bonds. The van der Waals surface area contributed by atoms with Gasteiger partial charge in [0.25, 0.3) is 0 Å². The van der Waals surface area contributed by atoms with Gasteiger partial charge in [0.15, 0.2) is 5.11 Å². The first-order chi connectivity index (χ1) is 11.5. The first kappa shape index (κ1) is 18.3. The standard InChI is InChI=1S/C18H25N5S/c1-13(2)7-6-8-14(3)21-18(24)23-20-12-15-11-19-16-9-4-5-10-17(16)22-15/h4-5,9-14H,6-8H2,1-3H3,(H2,21,23,24)/b20-12-/t14-/m0/s1. The largest absolute Gasteiger partial charge is 0.359 e. The van der Waals surface area contributed by atoms with Crippen LogP contribution >= 0.6 is 12.2 Å². The molecule has 6 heteroatoms. The van der Waals surface area contributed by atoms with Crippen LogP contribution in [0.5, 0.6) is 0 Å². The maximum Gasteiger partial charge on any atom is 0.187 e. The highest BCUT2D eigenvalue weighted by Crippen LogP contribution is 2.08. The highest BCUT2D eigenvalue weighted by Gasteiger charge is 2.04. The van der Waals surface area contributed by atoms with E-state index in [4.69, 9.17) is 12.2 Å². The summed E-state index contributed by atoms with van der Waals surface area (Å²) in [6, 6.07) is 8.08. The molecule has 0 bridgehead atoms. The van der Waals surface area contributed by atoms with Gasteiger partial charge in [0.2, 0.25) is 0 Å². The lowest BCUT2D eigenvalue weighted by Crippen LogP contribution is -2.38. The number of hydrogen-bond donors (Lipinski definition) is 2. The summed E-state index contributed by atoms with van der Waals surface area (Å²) in [6.07, 6.45) is 6.85. The van der Waals surface area contributed by atoms with Crippen LogP contribution in [0.25, 0.3) is 11.0 Å². The highest BCUT2D eigenvalue weighted by atomic mass is 32.1. The van der Waals surface area contributed by atoms with Gasteiger partial charge in [-0.15, -0.1) is 0 Å². The Labute approximate surface area is 149 Å². The first-order valence-electron chi connectivity index (χ1n) is 8.36. The molecule has 24 heavy (non-hydrogen) atoms. The molecule has 128 valence electrons. The molecule has 2 rings (SSSR count). The number of rotatable bonds is 7. The van der Waals surface area contributed by atoms with Gasteiger partial charge in [0.1, 0.15) is 5.69 Å². The van der Waals surface area contributed by atoms with Crippen LogP contribution in [0.3, 0.4) is 0 Å². The number of hydrazone groups is 1. The molecule has 0 unspecified atom stereocenters. The van der Waals surface area contributed by atoms with Crippen LogP contribution < -0.4 is 10.7 Å². The number of nitrogens with one attached hydrogen (secondary N) is 2. The average molecular weight is 344 g/mol. The molecule has 0 aliphatic rings. The number of nitrogens with zero attached hydrogens (tertiary/aromatic N) is 3. The SMILES string of the molecule is CC(C)CCC[C@H](C)NC(=S)N/N=C\c1cnc2ccccc2n1. The molecule has 2 N–H and O–H groups in total. The number of para-hydroxylation sites is 2. The lowest BCUT2D eigenvalue weighted by Gasteiger charge is -2.15. The molecule has 0 aliphatic heterocycles. The van der Waals surface area contributed by atoms with Crippen LogP contribution in [0.15, 0.2) is 35.6 Å². The first-order valence-corrected chi connectivity index (χ1v) is 8.77. The molecule has 1 heterocycles. The summed E-state index contributed by atoms with van der Waals surface area (Å²) in [6.45, 7) is 6.62. The zero-order valence-electron chi connectivity index (χ0n) is 14.5. The van der Waals surface area contributed by atoms with Crippen molar-refractivity contribution in [3.8, 4) is 0 Å². The molecule has 0 spiro atoms. The van der Waals surface area contributed by atoms with Crippen LogP contribution in [0.2, 0.25) is 0 Å². The third kappa shape index (κ3) is 6.20. The Morgan fingerprint density at radius 2 is 1.96 bits per heavy atom. The van der Waals surface area contributed by atoms with E-state index in [2.05, 4.69) is 46.6 Å². The van der Waals surface area contributed by atoms with E-state index in [1.54, 1.807) is 12.4 Å². The highest BCUT2D eigenvalue weighted by molar-refractivity contribution is 7.80. The molecule has 5 nitrogen and oxygen atoms in total. The third-order valence-corrected chi connectivity index (χ3v) is 3.84. The lowest BCUT2D eigenvalue weighted by molar-refractivity contribution is 0.493. The predicted octanol–water partition coefficient (Wildman–Crippen LogP) is 3.64. The Morgan fingerprint density at radius 1 is 1.21 bits per heavy atom. The Balaban J connectivity index is 1.78. The van der Waals surface area contributed by atoms with E-state index in [0.717, 1.165) is 23.4 Å². The molecule has 2 aromatic rings. The van der Waals surface area contributed by atoms with Gasteiger partial charge in [-0.2, -0.15) is 5.10 Å². The van der Waals surface area contributed by atoms with Crippen molar-refractivity contribution >= 4 is 34.6 Å². The fourth-order valence-electron chi connectivity index (χ4n) is 2.35. The van der Waals surface area contributed by atoms with E-state index in [0.29, 0.717) is 16.8 Å². The van der Waals surface area contributed by atoms with E-state index in [1.807, 2.05) is 24.3 Å². The van der Waals surface area contributed by atoms with Gasteiger partial charge in [-0.1, -0.05) is 38.8 Å². The summed E-state index contributed by atoms with van der Waals surface area (Å²) >= 11 is 5.25. The number of thiocarbonyl (C=S) groups is 1. The van der Waals surface area contributed by atoms with Crippen molar-refractivity contribution in [1.29, 1.82) is 0 Å². The van der Waals surface area contributed by atoms with Gasteiger partial charge >= 0.3 is 0 Å². The van der Waals surface area contributed by atoms with Gasteiger partial charge in [-0.25, -0.2) is 4.98 Å². The van der Waals surface area contributed by atoms with Crippen LogP contribution in [0, 0.1) is 5.92 Å². The lowest BCUT2D eigenvalue weighted by atomic mass is 10.0. The maximum atomic E-state index is 5.25. The normalized spacial score (nSPS) is 12.7. The summed E-state index contributed by atoms with van der Waals surface area (Å²) in [5, 5.41) is 7.89. The molecular formula is C18H25N5S. The molecule has 0 saturated carbocycles. The van der Waals surface area contributed by atoms with Crippen molar-refractivity contribution in [2.45, 2.75) is 46.1 Å². The summed E-state index contributed by atoms with van der Waals surface area (Å²) in [4.78, 5) is 8.82. The van der Waals surface area contributed by atoms with Crippen LogP contribution in [0.4, 0.5) is 0 Å². The molecule has 0 radical (unpaired) electrons. The number of hydrogen-bond acceptors (Lipinski definition) is 4. The molecule has 1 atom stereocenters. The topological polar surface area (TPSA) is 62.2 Å². The van der Waals surface area contributed by atoms with Gasteiger partial charge in [-0.3, -0.25) is 10.4 Å². The van der Waals surface area contributed by atoms with Crippen LogP contribution in [0.1, 0.15) is 45.7 Å². The van der Waals surface area contributed by atoms with Gasteiger partial charge in [0, 0.05) is 6.04 Å². The minimum atomic E-state index is 0.333. The third-order valence-electron chi connectivity index (χ3n) is 3.63. The second-order valence-electron chi connectivity index (χ2n) is 6.35. The van der Waals surface area contributed by atoms with E-state index in [1.165, 1.54) is 12.8 Å². The van der Waals surface area contributed by atoms with Crippen LogP contribution in [-0.2, 0) is 0 Å². The summed E-state index contributed by atoms with van der Waals surface area (Å²) < 4.78 is 0. The van der Waals surface area contributed by atoms with E-state index in [9.17, 15) is 0 Å². The van der Waals surface area contributed by atoms with Crippen molar-refractivity contribution in [2.24, 2.45) is 11.0 Å². The zero-order chi connectivity index (χ0) is 17.4. The molecule has 0 saturated heterocycles. The second kappa shape index (κ2) is 9.27. The molecule has 1 aromatic heterocycles. The molecular weight excluding hydrogens is 318 g/mol. The molecule has 0 fully saturated rings. The van der Waals surface area contributed by atoms with Crippen molar-refractivity contribution in [2.75, 3.05) is 0 Å². The number of benzene rings is 1. The number of fused-ring (bicyclic) bond motifs is 1. The Bertz CT molecular complexity index is 699.